The summed E-state index contributed by atoms with van der Waals surface area (Å²) in [7, 11) is 0. The molecule has 1 aliphatic rings. The van der Waals surface area contributed by atoms with Crippen molar-refractivity contribution in [3.63, 3.8) is 0 Å². The van der Waals surface area contributed by atoms with Crippen molar-refractivity contribution >= 4 is 5.78 Å². The van der Waals surface area contributed by atoms with Gasteiger partial charge in [0.15, 0.2) is 0 Å². The molecular weight excluding hydrogens is 334 g/mol. The first kappa shape index (κ1) is 18.4. The van der Waals surface area contributed by atoms with Gasteiger partial charge in [-0.15, -0.1) is 0 Å². The van der Waals surface area contributed by atoms with E-state index in [0.29, 0.717) is 19.6 Å². The third-order valence-corrected chi connectivity index (χ3v) is 4.52. The molecule has 1 unspecified atom stereocenters. The Bertz CT molecular complexity index is 793. The first-order chi connectivity index (χ1) is 12.6. The quantitative estimate of drug-likeness (QED) is 0.766. The van der Waals surface area contributed by atoms with E-state index in [1.807, 2.05) is 30.3 Å². The second kappa shape index (κ2) is 8.29. The molecule has 1 fully saturated rings. The Morgan fingerprint density at radius 3 is 2.77 bits per heavy atom. The maximum atomic E-state index is 12.6. The molecule has 138 valence electrons. The van der Waals surface area contributed by atoms with E-state index in [0.717, 1.165) is 18.4 Å². The van der Waals surface area contributed by atoms with E-state index in [1.54, 1.807) is 0 Å². The molecule has 2 N–H and O–H groups in total. The first-order valence-electron chi connectivity index (χ1n) is 8.76. The van der Waals surface area contributed by atoms with Gasteiger partial charge in [-0.1, -0.05) is 30.3 Å². The summed E-state index contributed by atoms with van der Waals surface area (Å²) in [5.41, 5.74) is 6.30. The van der Waals surface area contributed by atoms with Gasteiger partial charge in [-0.2, -0.15) is 0 Å². The summed E-state index contributed by atoms with van der Waals surface area (Å²) in [6.07, 6.45) is 3.57. The molecule has 1 aromatic carbocycles. The Morgan fingerprint density at radius 2 is 2.04 bits per heavy atom. The average molecular weight is 357 g/mol. The van der Waals surface area contributed by atoms with Gasteiger partial charge in [-0.05, 0) is 24.8 Å². The van der Waals surface area contributed by atoms with Crippen molar-refractivity contribution in [2.24, 2.45) is 5.73 Å². The van der Waals surface area contributed by atoms with Crippen molar-refractivity contribution < 1.29 is 18.7 Å². The lowest BCUT2D eigenvalue weighted by Gasteiger charge is -2.33. The van der Waals surface area contributed by atoms with Crippen LogP contribution in [0.25, 0.3) is 0 Å². The van der Waals surface area contributed by atoms with E-state index in [2.05, 4.69) is 0 Å². The zero-order valence-corrected chi connectivity index (χ0v) is 14.6. The number of hydrogen-bond acceptors (Lipinski definition) is 6. The fourth-order valence-electron chi connectivity index (χ4n) is 3.01. The second-order valence-corrected chi connectivity index (χ2v) is 6.66. The van der Waals surface area contributed by atoms with E-state index in [4.69, 9.17) is 19.6 Å². The zero-order valence-electron chi connectivity index (χ0n) is 14.6. The lowest BCUT2D eigenvalue weighted by molar-refractivity contribution is 0.0332. The average Bonchev–Trinajstić information content (AvgIpc) is 2.66. The van der Waals surface area contributed by atoms with Gasteiger partial charge in [0.25, 0.3) is 0 Å². The predicted molar refractivity (Wildman–Crippen MR) is 96.3 cm³/mol. The molecule has 26 heavy (non-hydrogen) atoms. The fraction of sp³-hybridized carbons (Fsp3) is 0.400. The summed E-state index contributed by atoms with van der Waals surface area (Å²) in [5.74, 6) is -0.387. The standard InChI is InChI=1S/C20H23NO5/c21-20(9-4-11-24-14-20)10-7-16(22)18-19(17(23)8-12-25-18)26-13-15-5-2-1-3-6-15/h1-3,5-6,8,12H,4,7,9-11,13-14,21H2. The lowest BCUT2D eigenvalue weighted by Crippen LogP contribution is -2.47. The Hall–Kier alpha value is -2.44. The Morgan fingerprint density at radius 1 is 1.23 bits per heavy atom. The summed E-state index contributed by atoms with van der Waals surface area (Å²) in [5, 5.41) is 0. The number of rotatable bonds is 7. The van der Waals surface area contributed by atoms with Crippen LogP contribution in [0, 0.1) is 0 Å². The van der Waals surface area contributed by atoms with Crippen LogP contribution in [0.5, 0.6) is 5.75 Å². The number of carbonyl (C=O) groups excluding carboxylic acids is 1. The molecular formula is C20H23NO5. The van der Waals surface area contributed by atoms with Crippen molar-refractivity contribution in [2.45, 2.75) is 37.8 Å². The molecule has 1 saturated heterocycles. The van der Waals surface area contributed by atoms with Crippen LogP contribution >= 0.6 is 0 Å². The molecule has 1 atom stereocenters. The number of ether oxygens (including phenoxy) is 2. The molecule has 1 aromatic heterocycles. The highest BCUT2D eigenvalue weighted by molar-refractivity contribution is 5.95. The van der Waals surface area contributed by atoms with Gasteiger partial charge in [0.1, 0.15) is 6.61 Å². The highest BCUT2D eigenvalue weighted by Crippen LogP contribution is 2.24. The summed E-state index contributed by atoms with van der Waals surface area (Å²) in [4.78, 5) is 24.8. The molecule has 0 aliphatic carbocycles. The van der Waals surface area contributed by atoms with Crippen molar-refractivity contribution in [3.05, 3.63) is 64.2 Å². The van der Waals surface area contributed by atoms with E-state index in [9.17, 15) is 9.59 Å². The van der Waals surface area contributed by atoms with Gasteiger partial charge >= 0.3 is 0 Å². The highest BCUT2D eigenvalue weighted by Gasteiger charge is 2.30. The SMILES string of the molecule is NC1(CCC(=O)c2occc(=O)c2OCc2ccccc2)CCCOC1. The van der Waals surface area contributed by atoms with Crippen molar-refractivity contribution in [1.29, 1.82) is 0 Å². The molecule has 0 bridgehead atoms. The minimum absolute atomic E-state index is 0.0474. The maximum Gasteiger partial charge on any atom is 0.227 e. The number of Topliss-reactive ketones (excluding diaryl/α,β-unsaturated/α-hetero) is 1. The van der Waals surface area contributed by atoms with Crippen LogP contribution in [0.15, 0.2) is 51.9 Å². The van der Waals surface area contributed by atoms with Crippen molar-refractivity contribution in [3.8, 4) is 5.75 Å². The van der Waals surface area contributed by atoms with Crippen LogP contribution in [-0.4, -0.2) is 24.5 Å². The predicted octanol–water partition coefficient (Wildman–Crippen LogP) is 2.69. The molecule has 0 radical (unpaired) electrons. The van der Waals surface area contributed by atoms with E-state index in [-0.39, 0.29) is 35.7 Å². The van der Waals surface area contributed by atoms with Crippen LogP contribution in [0.4, 0.5) is 0 Å². The molecule has 0 saturated carbocycles. The van der Waals surface area contributed by atoms with Gasteiger partial charge < -0.3 is 19.6 Å². The van der Waals surface area contributed by atoms with Crippen LogP contribution in [0.2, 0.25) is 0 Å². The summed E-state index contributed by atoms with van der Waals surface area (Å²) < 4.78 is 16.3. The summed E-state index contributed by atoms with van der Waals surface area (Å²) in [6.45, 7) is 1.33. The van der Waals surface area contributed by atoms with Gasteiger partial charge in [0.05, 0.1) is 12.9 Å². The number of nitrogens with two attached hydrogens (primary N) is 1. The molecule has 0 spiro atoms. The van der Waals surface area contributed by atoms with Crippen LogP contribution < -0.4 is 15.9 Å². The van der Waals surface area contributed by atoms with Crippen molar-refractivity contribution in [1.82, 2.24) is 0 Å². The Labute approximate surface area is 151 Å². The number of hydrogen-bond donors (Lipinski definition) is 1. The van der Waals surface area contributed by atoms with Gasteiger partial charge in [-0.3, -0.25) is 9.59 Å². The molecule has 1 aliphatic heterocycles. The first-order valence-corrected chi connectivity index (χ1v) is 8.76. The van der Waals surface area contributed by atoms with Crippen LogP contribution in [-0.2, 0) is 11.3 Å². The Balaban J connectivity index is 1.69. The van der Waals surface area contributed by atoms with E-state index >= 15 is 0 Å². The molecule has 2 aromatic rings. The Kier molecular flexibility index (Phi) is 5.85. The number of carbonyl (C=O) groups is 1. The lowest BCUT2D eigenvalue weighted by atomic mass is 9.87. The summed E-state index contributed by atoms with van der Waals surface area (Å²) in [6, 6.07) is 10.7. The third-order valence-electron chi connectivity index (χ3n) is 4.52. The molecule has 6 heteroatoms. The van der Waals surface area contributed by atoms with Gasteiger partial charge in [0.2, 0.25) is 22.7 Å². The van der Waals surface area contributed by atoms with Crippen LogP contribution in [0.3, 0.4) is 0 Å². The highest BCUT2D eigenvalue weighted by atomic mass is 16.5. The van der Waals surface area contributed by atoms with Crippen molar-refractivity contribution in [2.75, 3.05) is 13.2 Å². The van der Waals surface area contributed by atoms with Gasteiger partial charge in [-0.25, -0.2) is 0 Å². The molecule has 6 nitrogen and oxygen atoms in total. The third kappa shape index (κ3) is 4.59. The van der Waals surface area contributed by atoms with E-state index in [1.165, 1.54) is 12.3 Å². The second-order valence-electron chi connectivity index (χ2n) is 6.66. The maximum absolute atomic E-state index is 12.6. The fourth-order valence-corrected chi connectivity index (χ4v) is 3.01. The number of ketones is 1. The normalized spacial score (nSPS) is 19.9. The topological polar surface area (TPSA) is 91.8 Å². The monoisotopic (exact) mass is 357 g/mol. The molecule has 0 amide bonds. The number of benzene rings is 1. The van der Waals surface area contributed by atoms with Crippen LogP contribution in [0.1, 0.15) is 41.8 Å². The largest absolute Gasteiger partial charge is 0.481 e. The zero-order chi connectivity index (χ0) is 18.4. The van der Waals surface area contributed by atoms with E-state index < -0.39 is 5.54 Å². The minimum Gasteiger partial charge on any atom is -0.481 e. The smallest absolute Gasteiger partial charge is 0.227 e. The minimum atomic E-state index is -0.506. The molecule has 3 rings (SSSR count). The molecule has 2 heterocycles. The van der Waals surface area contributed by atoms with Gasteiger partial charge in [0, 0.05) is 24.6 Å². The summed E-state index contributed by atoms with van der Waals surface area (Å²) >= 11 is 0.